The van der Waals surface area contributed by atoms with Crippen molar-refractivity contribution in [3.63, 3.8) is 0 Å². The van der Waals surface area contributed by atoms with Gasteiger partial charge in [-0.3, -0.25) is 9.68 Å². The first-order chi connectivity index (χ1) is 11.8. The van der Waals surface area contributed by atoms with Gasteiger partial charge in [0.05, 0.1) is 13.2 Å². The third kappa shape index (κ3) is 3.59. The molecule has 2 saturated heterocycles. The van der Waals surface area contributed by atoms with E-state index in [1.165, 1.54) is 12.8 Å². The first-order valence-corrected chi connectivity index (χ1v) is 10.6. The summed E-state index contributed by atoms with van der Waals surface area (Å²) in [7, 11) is 0. The molecule has 0 spiro atoms. The maximum atomic E-state index is 6.20. The van der Waals surface area contributed by atoms with Gasteiger partial charge in [-0.05, 0) is 63.2 Å². The number of rotatable bonds is 5. The topological polar surface area (TPSA) is 24.9 Å². The van der Waals surface area contributed by atoms with Crippen LogP contribution in [-0.4, -0.2) is 47.5 Å². The molecule has 2 heterocycles. The fourth-order valence-corrected chi connectivity index (χ4v) is 4.50. The van der Waals surface area contributed by atoms with E-state index in [1.54, 1.807) is 0 Å². The minimum absolute atomic E-state index is 0.0203. The van der Waals surface area contributed by atoms with Gasteiger partial charge in [0.25, 0.3) is 0 Å². The Labute approximate surface area is 162 Å². The van der Waals surface area contributed by atoms with E-state index in [9.17, 15) is 0 Å². The predicted molar refractivity (Wildman–Crippen MR) is 109 cm³/mol. The van der Waals surface area contributed by atoms with Crippen LogP contribution < -0.4 is 0 Å². The van der Waals surface area contributed by atoms with Crippen LogP contribution in [0.3, 0.4) is 0 Å². The van der Waals surface area contributed by atoms with Crippen LogP contribution in [0.1, 0.15) is 82.1 Å². The number of piperidine rings is 2. The Morgan fingerprint density at radius 3 is 1.27 bits per heavy atom. The van der Waals surface area contributed by atoms with Crippen LogP contribution in [0.2, 0.25) is 0 Å². The zero-order chi connectivity index (χ0) is 20.0. The highest BCUT2D eigenvalue weighted by atomic mass is 16.7. The van der Waals surface area contributed by atoms with E-state index in [0.29, 0.717) is 25.0 Å². The van der Waals surface area contributed by atoms with E-state index in [4.69, 9.17) is 9.68 Å². The van der Waals surface area contributed by atoms with Crippen LogP contribution in [0, 0.1) is 22.7 Å². The molecule has 4 nitrogen and oxygen atoms in total. The maximum Gasteiger partial charge on any atom is 0.0939 e. The second kappa shape index (κ2) is 7.35. The summed E-state index contributed by atoms with van der Waals surface area (Å²) in [5.74, 6) is 1.40. The van der Waals surface area contributed by atoms with Gasteiger partial charge in [-0.15, -0.1) is 0 Å². The predicted octanol–water partition coefficient (Wildman–Crippen LogP) is 5.14. The highest BCUT2D eigenvalue weighted by molar-refractivity contribution is 5.00. The van der Waals surface area contributed by atoms with Gasteiger partial charge < -0.3 is 0 Å². The Kier molecular flexibility index (Phi) is 6.25. The van der Waals surface area contributed by atoms with E-state index in [1.807, 2.05) is 0 Å². The van der Waals surface area contributed by atoms with Gasteiger partial charge in [0, 0.05) is 24.2 Å². The zero-order valence-corrected chi connectivity index (χ0v) is 19.1. The van der Waals surface area contributed by atoms with Crippen molar-refractivity contribution in [1.82, 2.24) is 10.1 Å². The molecule has 0 aromatic heterocycles. The van der Waals surface area contributed by atoms with Crippen molar-refractivity contribution in [1.29, 1.82) is 0 Å². The lowest BCUT2D eigenvalue weighted by molar-refractivity contribution is -0.303. The highest BCUT2D eigenvalue weighted by Gasteiger charge is 2.50. The van der Waals surface area contributed by atoms with Crippen molar-refractivity contribution >= 4 is 0 Å². The third-order valence-electron chi connectivity index (χ3n) is 8.97. The lowest BCUT2D eigenvalue weighted by Gasteiger charge is -2.56. The molecule has 0 N–H and O–H groups in total. The molecule has 2 aliphatic heterocycles. The number of hydrogen-bond donors (Lipinski definition) is 0. The van der Waals surface area contributed by atoms with Gasteiger partial charge in [-0.1, -0.05) is 41.5 Å². The molecule has 0 amide bonds. The van der Waals surface area contributed by atoms with Crippen molar-refractivity contribution in [2.45, 2.75) is 93.2 Å². The molecule has 26 heavy (non-hydrogen) atoms. The smallest absolute Gasteiger partial charge is 0.0939 e. The molecule has 0 aromatic carbocycles. The molecule has 0 saturated carbocycles. The second-order valence-corrected chi connectivity index (χ2v) is 10.8. The lowest BCUT2D eigenvalue weighted by Crippen LogP contribution is -2.61. The largest absolute Gasteiger partial charge is 0.296 e. The van der Waals surface area contributed by atoms with E-state index in [-0.39, 0.29) is 21.9 Å². The van der Waals surface area contributed by atoms with Crippen molar-refractivity contribution in [2.24, 2.45) is 22.7 Å². The fourth-order valence-electron chi connectivity index (χ4n) is 4.50. The SMILES string of the molecule is CC1CCN(OCCON2CCC(C)C(C)(C)C2(C)C)C(C)(C)C1(C)C. The summed E-state index contributed by atoms with van der Waals surface area (Å²) in [4.78, 5) is 12.4. The molecule has 0 aliphatic carbocycles. The Balaban J connectivity index is 1.87. The van der Waals surface area contributed by atoms with E-state index in [2.05, 4.69) is 79.4 Å². The first-order valence-electron chi connectivity index (χ1n) is 10.6. The minimum Gasteiger partial charge on any atom is -0.296 e. The van der Waals surface area contributed by atoms with E-state index < -0.39 is 0 Å². The Morgan fingerprint density at radius 1 is 0.654 bits per heavy atom. The molecule has 2 fully saturated rings. The Bertz CT molecular complexity index is 441. The molecular formula is C22H44N2O2. The zero-order valence-electron chi connectivity index (χ0n) is 19.1. The molecule has 4 heteroatoms. The molecule has 2 aliphatic rings. The molecule has 2 rings (SSSR count). The number of hydroxylamine groups is 4. The van der Waals surface area contributed by atoms with Gasteiger partial charge in [-0.25, -0.2) is 0 Å². The Morgan fingerprint density at radius 2 is 0.962 bits per heavy atom. The average Bonchev–Trinajstić information content (AvgIpc) is 2.52. The summed E-state index contributed by atoms with van der Waals surface area (Å²) in [5, 5.41) is 4.40. The lowest BCUT2D eigenvalue weighted by atomic mass is 9.63. The number of nitrogens with zero attached hydrogens (tertiary/aromatic N) is 2. The van der Waals surface area contributed by atoms with Crippen LogP contribution in [0.15, 0.2) is 0 Å². The van der Waals surface area contributed by atoms with Crippen LogP contribution in [0.25, 0.3) is 0 Å². The van der Waals surface area contributed by atoms with Gasteiger partial charge >= 0.3 is 0 Å². The van der Waals surface area contributed by atoms with Gasteiger partial charge in [0.15, 0.2) is 0 Å². The van der Waals surface area contributed by atoms with Gasteiger partial charge in [0.1, 0.15) is 0 Å². The van der Waals surface area contributed by atoms with Crippen molar-refractivity contribution in [2.75, 3.05) is 26.3 Å². The Hall–Kier alpha value is -0.160. The summed E-state index contributed by atoms with van der Waals surface area (Å²) < 4.78 is 0. The monoisotopic (exact) mass is 368 g/mol. The minimum atomic E-state index is 0.0203. The summed E-state index contributed by atoms with van der Waals surface area (Å²) >= 11 is 0. The average molecular weight is 369 g/mol. The van der Waals surface area contributed by atoms with Crippen LogP contribution in [0.4, 0.5) is 0 Å². The van der Waals surface area contributed by atoms with Crippen LogP contribution in [0.5, 0.6) is 0 Å². The summed E-state index contributed by atoms with van der Waals surface area (Å²) in [6, 6.07) is 0. The van der Waals surface area contributed by atoms with Gasteiger partial charge in [0.2, 0.25) is 0 Å². The molecule has 2 unspecified atom stereocenters. The van der Waals surface area contributed by atoms with Crippen molar-refractivity contribution in [3.8, 4) is 0 Å². The second-order valence-electron chi connectivity index (χ2n) is 10.8. The summed E-state index contributed by atoms with van der Waals surface area (Å²) in [6.07, 6.45) is 2.37. The molecule has 0 bridgehead atoms. The van der Waals surface area contributed by atoms with E-state index >= 15 is 0 Å². The third-order valence-corrected chi connectivity index (χ3v) is 8.97. The van der Waals surface area contributed by atoms with Gasteiger partial charge in [-0.2, -0.15) is 10.1 Å². The molecule has 154 valence electrons. The molecule has 0 radical (unpaired) electrons. The normalized spacial score (nSPS) is 33.9. The molecular weight excluding hydrogens is 324 g/mol. The van der Waals surface area contributed by atoms with Crippen molar-refractivity contribution < 1.29 is 9.68 Å². The quantitative estimate of drug-likeness (QED) is 0.627. The standard InChI is InChI=1S/C22H44N2O2/c1-17-11-13-23(21(7,8)19(17,3)4)25-15-16-26-24-14-12-18(2)20(5,6)22(24,9)10/h17-18H,11-16H2,1-10H3. The maximum absolute atomic E-state index is 6.20. The summed E-state index contributed by atoms with van der Waals surface area (Å²) in [6.45, 7) is 26.6. The highest BCUT2D eigenvalue weighted by Crippen LogP contribution is 2.48. The molecule has 0 aromatic rings. The fraction of sp³-hybridized carbons (Fsp3) is 1.00. The van der Waals surface area contributed by atoms with Crippen molar-refractivity contribution in [3.05, 3.63) is 0 Å². The van der Waals surface area contributed by atoms with Crippen LogP contribution >= 0.6 is 0 Å². The molecule has 2 atom stereocenters. The first kappa shape index (κ1) is 22.1. The van der Waals surface area contributed by atoms with E-state index in [0.717, 1.165) is 13.1 Å². The summed E-state index contributed by atoms with van der Waals surface area (Å²) in [5.41, 5.74) is 0.487. The number of hydrogen-bond acceptors (Lipinski definition) is 4. The van der Waals surface area contributed by atoms with Crippen LogP contribution in [-0.2, 0) is 9.68 Å².